The summed E-state index contributed by atoms with van der Waals surface area (Å²) in [6, 6.07) is 8.66. The lowest BCUT2D eigenvalue weighted by atomic mass is 10.3. The van der Waals surface area contributed by atoms with Crippen LogP contribution >= 0.6 is 0 Å². The molecule has 0 saturated carbocycles. The molecule has 4 heteroatoms. The first-order valence-electron chi connectivity index (χ1n) is 4.06. The van der Waals surface area contributed by atoms with E-state index in [9.17, 15) is 10.0 Å². The molecule has 4 nitrogen and oxygen atoms in total. The van der Waals surface area contributed by atoms with E-state index in [0.29, 0.717) is 5.69 Å². The van der Waals surface area contributed by atoms with Crippen molar-refractivity contribution in [3.63, 3.8) is 0 Å². The maximum absolute atomic E-state index is 10.5. The second-order valence-corrected chi connectivity index (χ2v) is 2.80. The zero-order valence-electron chi connectivity index (χ0n) is 7.71. The Morgan fingerprint density at radius 1 is 1.36 bits per heavy atom. The number of carboxylic acids is 1. The van der Waals surface area contributed by atoms with Crippen LogP contribution in [-0.4, -0.2) is 16.3 Å². The molecule has 0 unspecified atom stereocenters. The van der Waals surface area contributed by atoms with E-state index >= 15 is 0 Å². The summed E-state index contributed by atoms with van der Waals surface area (Å²) in [6.07, 6.45) is 1.15. The Bertz CT molecular complexity index is 346. The lowest BCUT2D eigenvalue weighted by molar-refractivity contribution is -0.132. The van der Waals surface area contributed by atoms with Gasteiger partial charge in [0.25, 0.3) is 0 Å². The second kappa shape index (κ2) is 4.43. The topological polar surface area (TPSA) is 60.8 Å². The molecule has 0 saturated heterocycles. The summed E-state index contributed by atoms with van der Waals surface area (Å²) in [7, 11) is 0. The summed E-state index contributed by atoms with van der Waals surface area (Å²) in [6.45, 7) is 1.41. The van der Waals surface area contributed by atoms with Crippen molar-refractivity contribution in [3.8, 4) is 0 Å². The van der Waals surface area contributed by atoms with Crippen LogP contribution in [0.2, 0.25) is 0 Å². The average Bonchev–Trinajstić information content (AvgIpc) is 2.19. The van der Waals surface area contributed by atoms with Crippen LogP contribution in [0.4, 0.5) is 5.69 Å². The van der Waals surface area contributed by atoms with E-state index in [4.69, 9.17) is 5.11 Å². The quantitative estimate of drug-likeness (QED) is 0.568. The highest BCUT2D eigenvalue weighted by molar-refractivity contribution is 5.86. The molecule has 0 bridgehead atoms. The molecule has 0 atom stereocenters. The van der Waals surface area contributed by atoms with Gasteiger partial charge in [0.2, 0.25) is 0 Å². The zero-order valence-corrected chi connectivity index (χ0v) is 7.71. The van der Waals surface area contributed by atoms with Crippen molar-refractivity contribution in [2.24, 2.45) is 0 Å². The molecular formula is C10H11NO3. The molecule has 14 heavy (non-hydrogen) atoms. The van der Waals surface area contributed by atoms with Gasteiger partial charge in [0.1, 0.15) is 0 Å². The highest BCUT2D eigenvalue weighted by Gasteiger charge is 2.03. The maximum atomic E-state index is 10.5. The molecule has 0 fully saturated rings. The van der Waals surface area contributed by atoms with E-state index in [1.807, 2.05) is 6.07 Å². The number of hydrogen-bond donors (Lipinski definition) is 2. The molecule has 1 rings (SSSR count). The fourth-order valence-corrected chi connectivity index (χ4v) is 0.894. The van der Waals surface area contributed by atoms with E-state index in [1.54, 1.807) is 24.3 Å². The Labute approximate surface area is 81.7 Å². The van der Waals surface area contributed by atoms with Crippen LogP contribution in [0, 0.1) is 0 Å². The van der Waals surface area contributed by atoms with Crippen molar-refractivity contribution in [2.45, 2.75) is 6.92 Å². The van der Waals surface area contributed by atoms with E-state index in [1.165, 1.54) is 6.92 Å². The highest BCUT2D eigenvalue weighted by Crippen LogP contribution is 2.11. The van der Waals surface area contributed by atoms with Gasteiger partial charge in [-0.3, -0.25) is 5.21 Å². The number of carbonyl (C=O) groups is 1. The molecule has 0 heterocycles. The fourth-order valence-electron chi connectivity index (χ4n) is 0.894. The summed E-state index contributed by atoms with van der Waals surface area (Å²) >= 11 is 0. The van der Waals surface area contributed by atoms with E-state index < -0.39 is 5.97 Å². The van der Waals surface area contributed by atoms with Crippen LogP contribution in [0.15, 0.2) is 42.1 Å². The Hall–Kier alpha value is -1.81. The number of hydrogen-bond acceptors (Lipinski definition) is 3. The summed E-state index contributed by atoms with van der Waals surface area (Å²) < 4.78 is 0. The maximum Gasteiger partial charge on any atom is 0.332 e. The molecule has 0 amide bonds. The standard InChI is InChI=1S/C10H11NO3/c1-8(10(12)13)7-11(14)9-5-3-2-4-6-9/h2-7,14H,1H3,(H,12,13). The summed E-state index contributed by atoms with van der Waals surface area (Å²) in [5, 5.41) is 18.8. The SMILES string of the molecule is CC(=CN(O)c1ccccc1)C(=O)O. The summed E-state index contributed by atoms with van der Waals surface area (Å²) in [5.41, 5.74) is 0.587. The Morgan fingerprint density at radius 2 is 1.93 bits per heavy atom. The third-order valence-corrected chi connectivity index (χ3v) is 1.67. The number of carboxylic acid groups (broad SMARTS) is 1. The number of nitrogens with zero attached hydrogens (tertiary/aromatic N) is 1. The minimum Gasteiger partial charge on any atom is -0.478 e. The van der Waals surface area contributed by atoms with Gasteiger partial charge in [-0.05, 0) is 19.1 Å². The Morgan fingerprint density at radius 3 is 2.43 bits per heavy atom. The van der Waals surface area contributed by atoms with Crippen LogP contribution in [0.5, 0.6) is 0 Å². The number of benzene rings is 1. The molecule has 0 aliphatic heterocycles. The average molecular weight is 193 g/mol. The van der Waals surface area contributed by atoms with Gasteiger partial charge in [0.15, 0.2) is 0 Å². The lowest BCUT2D eigenvalue weighted by Gasteiger charge is -2.11. The number of para-hydroxylation sites is 1. The van der Waals surface area contributed by atoms with Gasteiger partial charge in [-0.15, -0.1) is 0 Å². The van der Waals surface area contributed by atoms with Crippen LogP contribution in [-0.2, 0) is 4.79 Å². The van der Waals surface area contributed by atoms with Gasteiger partial charge in [-0.2, -0.15) is 0 Å². The predicted molar refractivity (Wildman–Crippen MR) is 52.1 cm³/mol. The molecule has 0 spiro atoms. The predicted octanol–water partition coefficient (Wildman–Crippen LogP) is 1.87. The molecule has 2 N–H and O–H groups in total. The first kappa shape index (κ1) is 10.3. The second-order valence-electron chi connectivity index (χ2n) is 2.80. The molecule has 74 valence electrons. The number of hydroxylamine groups is 1. The smallest absolute Gasteiger partial charge is 0.332 e. The van der Waals surface area contributed by atoms with Crippen molar-refractivity contribution in [2.75, 3.05) is 5.06 Å². The molecule has 1 aromatic carbocycles. The van der Waals surface area contributed by atoms with Crippen molar-refractivity contribution in [1.82, 2.24) is 0 Å². The molecule has 0 aromatic heterocycles. The monoisotopic (exact) mass is 193 g/mol. The molecule has 0 radical (unpaired) electrons. The van der Waals surface area contributed by atoms with Gasteiger partial charge >= 0.3 is 5.97 Å². The molecule has 1 aromatic rings. The first-order valence-corrected chi connectivity index (χ1v) is 4.06. The van der Waals surface area contributed by atoms with Crippen LogP contribution in [0.3, 0.4) is 0 Å². The van der Waals surface area contributed by atoms with Crippen LogP contribution < -0.4 is 5.06 Å². The van der Waals surface area contributed by atoms with Gasteiger partial charge < -0.3 is 5.11 Å². The summed E-state index contributed by atoms with van der Waals surface area (Å²) in [4.78, 5) is 10.5. The van der Waals surface area contributed by atoms with Gasteiger partial charge in [0, 0.05) is 6.20 Å². The lowest BCUT2D eigenvalue weighted by Crippen LogP contribution is -2.12. The molecule has 0 aliphatic carbocycles. The highest BCUT2D eigenvalue weighted by atomic mass is 16.5. The third-order valence-electron chi connectivity index (χ3n) is 1.67. The zero-order chi connectivity index (χ0) is 10.6. The van der Waals surface area contributed by atoms with Gasteiger partial charge in [-0.25, -0.2) is 9.86 Å². The number of rotatable bonds is 3. The van der Waals surface area contributed by atoms with Crippen molar-refractivity contribution >= 4 is 11.7 Å². The number of anilines is 1. The molecular weight excluding hydrogens is 182 g/mol. The van der Waals surface area contributed by atoms with Crippen molar-refractivity contribution in [1.29, 1.82) is 0 Å². The number of aliphatic carboxylic acids is 1. The van der Waals surface area contributed by atoms with Gasteiger partial charge in [-0.1, -0.05) is 18.2 Å². The van der Waals surface area contributed by atoms with E-state index in [-0.39, 0.29) is 5.57 Å². The molecule has 0 aliphatic rings. The Kier molecular flexibility index (Phi) is 3.25. The largest absolute Gasteiger partial charge is 0.478 e. The van der Waals surface area contributed by atoms with E-state index in [2.05, 4.69) is 0 Å². The van der Waals surface area contributed by atoms with Gasteiger partial charge in [0.05, 0.1) is 11.3 Å². The minimum absolute atomic E-state index is 0.0661. The third kappa shape index (κ3) is 2.60. The van der Waals surface area contributed by atoms with Crippen LogP contribution in [0.25, 0.3) is 0 Å². The van der Waals surface area contributed by atoms with Crippen LogP contribution in [0.1, 0.15) is 6.92 Å². The summed E-state index contributed by atoms with van der Waals surface area (Å²) in [5.74, 6) is -1.06. The minimum atomic E-state index is -1.06. The first-order chi connectivity index (χ1) is 6.61. The Balaban J connectivity index is 2.82. The normalized spacial score (nSPS) is 11.1. The van der Waals surface area contributed by atoms with E-state index in [0.717, 1.165) is 11.3 Å². The fraction of sp³-hybridized carbons (Fsp3) is 0.100. The van der Waals surface area contributed by atoms with Crippen molar-refractivity contribution in [3.05, 3.63) is 42.1 Å². The van der Waals surface area contributed by atoms with Crippen molar-refractivity contribution < 1.29 is 15.1 Å².